The van der Waals surface area contributed by atoms with Crippen molar-refractivity contribution in [3.05, 3.63) is 0 Å². The van der Waals surface area contributed by atoms with Crippen LogP contribution in [-0.2, 0) is 9.59 Å². The van der Waals surface area contributed by atoms with E-state index in [1.165, 1.54) is 32.1 Å². The molecule has 0 spiro atoms. The Labute approximate surface area is 128 Å². The first kappa shape index (κ1) is 16.3. The van der Waals surface area contributed by atoms with Crippen molar-refractivity contribution >= 4 is 11.8 Å². The Morgan fingerprint density at radius 2 is 1.76 bits per heavy atom. The van der Waals surface area contributed by atoms with Gasteiger partial charge in [-0.15, -0.1) is 0 Å². The van der Waals surface area contributed by atoms with Gasteiger partial charge in [-0.25, -0.2) is 0 Å². The number of hydrogen-bond acceptors (Lipinski definition) is 2. The van der Waals surface area contributed by atoms with Crippen molar-refractivity contribution in [3.63, 3.8) is 0 Å². The normalized spacial score (nSPS) is 29.4. The van der Waals surface area contributed by atoms with E-state index >= 15 is 0 Å². The number of piperazine rings is 1. The Hall–Kier alpha value is -1.06. The Morgan fingerprint density at radius 1 is 1.10 bits per heavy atom. The molecular weight excluding hydrogens is 264 g/mol. The van der Waals surface area contributed by atoms with Crippen LogP contribution in [0.2, 0.25) is 0 Å². The van der Waals surface area contributed by atoms with Crippen LogP contribution in [-0.4, -0.2) is 34.8 Å². The molecule has 1 aliphatic heterocycles. The van der Waals surface area contributed by atoms with Crippen LogP contribution in [0.15, 0.2) is 0 Å². The summed E-state index contributed by atoms with van der Waals surface area (Å²) < 4.78 is 0. The molecule has 1 N–H and O–H groups in total. The molecule has 0 aromatic rings. The number of amides is 2. The van der Waals surface area contributed by atoms with Gasteiger partial charge in [0.25, 0.3) is 0 Å². The lowest BCUT2D eigenvalue weighted by molar-refractivity contribution is -0.154. The van der Waals surface area contributed by atoms with Gasteiger partial charge in [-0.2, -0.15) is 0 Å². The molecule has 0 aromatic heterocycles. The monoisotopic (exact) mass is 294 g/mol. The molecule has 3 unspecified atom stereocenters. The SMILES string of the molecule is CCC1NC(=O)C(CC)N(C(CC)C2CCCCC2)C1=O. The standard InChI is InChI=1S/C17H30N2O2/c1-4-13-17(21)19(15(6-3)16(20)18-13)14(5-2)12-10-8-7-9-11-12/h12-15H,4-11H2,1-3H3,(H,18,20). The number of hydrogen-bond donors (Lipinski definition) is 1. The van der Waals surface area contributed by atoms with Gasteiger partial charge in [-0.3, -0.25) is 9.59 Å². The third-order valence-corrected chi connectivity index (χ3v) is 5.27. The fraction of sp³-hybridized carbons (Fsp3) is 0.882. The van der Waals surface area contributed by atoms with Crippen LogP contribution in [0.3, 0.4) is 0 Å². The average Bonchev–Trinajstić information content (AvgIpc) is 2.52. The van der Waals surface area contributed by atoms with Gasteiger partial charge in [0.05, 0.1) is 0 Å². The first-order chi connectivity index (χ1) is 10.1. The first-order valence-corrected chi connectivity index (χ1v) is 8.76. The van der Waals surface area contributed by atoms with Gasteiger partial charge in [-0.05, 0) is 38.0 Å². The van der Waals surface area contributed by atoms with Crippen molar-refractivity contribution in [2.45, 2.75) is 90.3 Å². The lowest BCUT2D eigenvalue weighted by atomic mass is 9.81. The molecule has 1 aliphatic carbocycles. The highest BCUT2D eigenvalue weighted by atomic mass is 16.2. The van der Waals surface area contributed by atoms with E-state index in [1.54, 1.807) is 0 Å². The molecule has 0 aromatic carbocycles. The van der Waals surface area contributed by atoms with Crippen LogP contribution in [0.1, 0.15) is 72.1 Å². The molecule has 1 saturated carbocycles. The Bertz CT molecular complexity index is 377. The Kier molecular flexibility index (Phi) is 5.65. The van der Waals surface area contributed by atoms with Crippen molar-refractivity contribution in [1.29, 1.82) is 0 Å². The summed E-state index contributed by atoms with van der Waals surface area (Å²) >= 11 is 0. The quantitative estimate of drug-likeness (QED) is 0.847. The van der Waals surface area contributed by atoms with Crippen molar-refractivity contribution in [2.75, 3.05) is 0 Å². The third-order valence-electron chi connectivity index (χ3n) is 5.27. The Balaban J connectivity index is 2.24. The highest BCUT2D eigenvalue weighted by Gasteiger charge is 2.43. The van der Waals surface area contributed by atoms with E-state index in [-0.39, 0.29) is 29.9 Å². The number of nitrogens with one attached hydrogen (secondary N) is 1. The van der Waals surface area contributed by atoms with Crippen LogP contribution in [0.5, 0.6) is 0 Å². The molecule has 1 saturated heterocycles. The molecular formula is C17H30N2O2. The topological polar surface area (TPSA) is 49.4 Å². The van der Waals surface area contributed by atoms with E-state index in [4.69, 9.17) is 0 Å². The molecule has 21 heavy (non-hydrogen) atoms. The second kappa shape index (κ2) is 7.28. The summed E-state index contributed by atoms with van der Waals surface area (Å²) in [5.74, 6) is 0.754. The van der Waals surface area contributed by atoms with Crippen LogP contribution >= 0.6 is 0 Å². The van der Waals surface area contributed by atoms with Gasteiger partial charge in [0.1, 0.15) is 12.1 Å². The number of carbonyl (C=O) groups is 2. The summed E-state index contributed by atoms with van der Waals surface area (Å²) in [6.07, 6.45) is 8.60. The predicted molar refractivity (Wildman–Crippen MR) is 83.8 cm³/mol. The molecule has 2 rings (SSSR count). The molecule has 0 radical (unpaired) electrons. The highest BCUT2D eigenvalue weighted by molar-refractivity contribution is 5.97. The van der Waals surface area contributed by atoms with Crippen molar-refractivity contribution < 1.29 is 9.59 Å². The largest absolute Gasteiger partial charge is 0.343 e. The predicted octanol–water partition coefficient (Wildman–Crippen LogP) is 2.86. The number of carbonyl (C=O) groups excluding carboxylic acids is 2. The van der Waals surface area contributed by atoms with Gasteiger partial charge in [0.15, 0.2) is 0 Å². The zero-order chi connectivity index (χ0) is 15.4. The lowest BCUT2D eigenvalue weighted by Gasteiger charge is -2.46. The van der Waals surface area contributed by atoms with Crippen molar-refractivity contribution in [2.24, 2.45) is 5.92 Å². The summed E-state index contributed by atoms with van der Waals surface area (Å²) in [5, 5.41) is 2.90. The lowest BCUT2D eigenvalue weighted by Crippen LogP contribution is -2.66. The first-order valence-electron chi connectivity index (χ1n) is 8.76. The zero-order valence-electron chi connectivity index (χ0n) is 13.7. The van der Waals surface area contributed by atoms with Crippen molar-refractivity contribution in [3.8, 4) is 0 Å². The van der Waals surface area contributed by atoms with Crippen LogP contribution < -0.4 is 5.32 Å². The van der Waals surface area contributed by atoms with Gasteiger partial charge >= 0.3 is 0 Å². The summed E-state index contributed by atoms with van der Waals surface area (Å²) in [5.41, 5.74) is 0. The second-order valence-electron chi connectivity index (χ2n) is 6.51. The van der Waals surface area contributed by atoms with E-state index in [2.05, 4.69) is 12.2 Å². The number of rotatable bonds is 5. The zero-order valence-corrected chi connectivity index (χ0v) is 13.7. The minimum Gasteiger partial charge on any atom is -0.343 e. The maximum absolute atomic E-state index is 12.8. The number of nitrogens with zero attached hydrogens (tertiary/aromatic N) is 1. The molecule has 3 atom stereocenters. The fourth-order valence-electron chi connectivity index (χ4n) is 4.12. The summed E-state index contributed by atoms with van der Waals surface area (Å²) in [6.45, 7) is 6.13. The fourth-order valence-corrected chi connectivity index (χ4v) is 4.12. The maximum atomic E-state index is 12.8. The van der Waals surface area contributed by atoms with Gasteiger partial charge in [0.2, 0.25) is 11.8 Å². The molecule has 120 valence electrons. The van der Waals surface area contributed by atoms with Gasteiger partial charge in [0, 0.05) is 6.04 Å². The summed E-state index contributed by atoms with van der Waals surface area (Å²) in [7, 11) is 0. The maximum Gasteiger partial charge on any atom is 0.246 e. The molecule has 2 amide bonds. The van der Waals surface area contributed by atoms with Crippen LogP contribution in [0.4, 0.5) is 0 Å². The Morgan fingerprint density at radius 3 is 2.29 bits per heavy atom. The van der Waals surface area contributed by atoms with E-state index < -0.39 is 0 Å². The van der Waals surface area contributed by atoms with Gasteiger partial charge in [-0.1, -0.05) is 40.0 Å². The van der Waals surface area contributed by atoms with E-state index in [1.807, 2.05) is 18.7 Å². The van der Waals surface area contributed by atoms with Gasteiger partial charge < -0.3 is 10.2 Å². The van der Waals surface area contributed by atoms with Crippen LogP contribution in [0.25, 0.3) is 0 Å². The van der Waals surface area contributed by atoms with E-state index in [9.17, 15) is 9.59 Å². The molecule has 1 heterocycles. The smallest absolute Gasteiger partial charge is 0.246 e. The third kappa shape index (κ3) is 3.24. The van der Waals surface area contributed by atoms with Crippen LogP contribution in [0, 0.1) is 5.92 Å². The summed E-state index contributed by atoms with van der Waals surface area (Å²) in [6, 6.07) is -0.354. The minimum atomic E-state index is -0.321. The molecule has 2 aliphatic rings. The molecule has 0 bridgehead atoms. The molecule has 2 fully saturated rings. The average molecular weight is 294 g/mol. The summed E-state index contributed by atoms with van der Waals surface area (Å²) in [4.78, 5) is 27.1. The molecule has 4 heteroatoms. The second-order valence-corrected chi connectivity index (χ2v) is 6.51. The van der Waals surface area contributed by atoms with E-state index in [0.29, 0.717) is 18.8 Å². The highest BCUT2D eigenvalue weighted by Crippen LogP contribution is 2.33. The van der Waals surface area contributed by atoms with E-state index in [0.717, 1.165) is 6.42 Å². The van der Waals surface area contributed by atoms with Crippen molar-refractivity contribution in [1.82, 2.24) is 10.2 Å². The minimum absolute atomic E-state index is 0.0400. The molecule has 4 nitrogen and oxygen atoms in total.